The molecule has 1 fully saturated rings. The molecule has 8 nitrogen and oxygen atoms in total. The maximum Gasteiger partial charge on any atom is 0.251 e. The lowest BCUT2D eigenvalue weighted by Crippen LogP contribution is -2.58. The maximum absolute atomic E-state index is 12.1. The first-order valence-corrected chi connectivity index (χ1v) is 8.24. The van der Waals surface area contributed by atoms with Crippen molar-refractivity contribution in [2.45, 2.75) is 45.7 Å². The zero-order chi connectivity index (χ0) is 17.7. The van der Waals surface area contributed by atoms with Crippen LogP contribution in [0.15, 0.2) is 10.9 Å². The summed E-state index contributed by atoms with van der Waals surface area (Å²) in [6.07, 6.45) is 0.565. The van der Waals surface area contributed by atoms with Crippen molar-refractivity contribution in [3.05, 3.63) is 27.9 Å². The molecular weight excluding hydrogens is 310 g/mol. The molecule has 0 spiro atoms. The monoisotopic (exact) mass is 335 g/mol. The lowest BCUT2D eigenvalue weighted by molar-refractivity contribution is -0.134. The third kappa shape index (κ3) is 4.89. The van der Waals surface area contributed by atoms with Crippen molar-refractivity contribution in [1.82, 2.24) is 25.5 Å². The van der Waals surface area contributed by atoms with Gasteiger partial charge in [0.05, 0.1) is 12.5 Å². The molecule has 0 aliphatic carbocycles. The van der Waals surface area contributed by atoms with E-state index in [1.54, 1.807) is 6.92 Å². The van der Waals surface area contributed by atoms with Gasteiger partial charge in [-0.3, -0.25) is 19.3 Å². The minimum absolute atomic E-state index is 0.102. The number of aromatic amines is 1. The summed E-state index contributed by atoms with van der Waals surface area (Å²) in [5.74, 6) is 0.256. The van der Waals surface area contributed by atoms with Crippen LogP contribution in [0.25, 0.3) is 0 Å². The van der Waals surface area contributed by atoms with Crippen molar-refractivity contribution in [2.24, 2.45) is 0 Å². The number of aryl methyl sites for hydroxylation is 1. The van der Waals surface area contributed by atoms with E-state index in [2.05, 4.69) is 20.6 Å². The second-order valence-corrected chi connectivity index (χ2v) is 6.28. The number of nitrogens with one attached hydrogen (secondary N) is 3. The molecule has 0 radical (unpaired) electrons. The van der Waals surface area contributed by atoms with Gasteiger partial charge in [0, 0.05) is 43.9 Å². The molecule has 2 heterocycles. The third-order valence-corrected chi connectivity index (χ3v) is 4.02. The van der Waals surface area contributed by atoms with Gasteiger partial charge >= 0.3 is 0 Å². The number of rotatable bonds is 6. The zero-order valence-electron chi connectivity index (χ0n) is 14.4. The topological polar surface area (TPSA) is 107 Å². The number of H-pyrrole nitrogens is 1. The summed E-state index contributed by atoms with van der Waals surface area (Å²) in [5.41, 5.74) is 0.446. The van der Waals surface area contributed by atoms with Gasteiger partial charge in [0.2, 0.25) is 11.8 Å². The highest BCUT2D eigenvalue weighted by Gasteiger charge is 2.32. The highest BCUT2D eigenvalue weighted by Crippen LogP contribution is 2.12. The van der Waals surface area contributed by atoms with Gasteiger partial charge in [-0.25, -0.2) is 4.98 Å². The van der Waals surface area contributed by atoms with Gasteiger partial charge in [-0.2, -0.15) is 0 Å². The number of carbonyl (C=O) groups is 2. The van der Waals surface area contributed by atoms with Crippen molar-refractivity contribution in [3.8, 4) is 0 Å². The molecule has 132 valence electrons. The lowest BCUT2D eigenvalue weighted by Gasteiger charge is -2.37. The Kier molecular flexibility index (Phi) is 6.08. The molecule has 8 heteroatoms. The molecule has 2 amide bonds. The van der Waals surface area contributed by atoms with Crippen molar-refractivity contribution < 1.29 is 9.59 Å². The van der Waals surface area contributed by atoms with E-state index in [1.165, 1.54) is 6.07 Å². The van der Waals surface area contributed by atoms with E-state index >= 15 is 0 Å². The number of hydrogen-bond donors (Lipinski definition) is 3. The Labute approximate surface area is 141 Å². The zero-order valence-corrected chi connectivity index (χ0v) is 14.4. The van der Waals surface area contributed by atoms with Crippen LogP contribution in [-0.4, -0.2) is 58.4 Å². The van der Waals surface area contributed by atoms with E-state index in [0.29, 0.717) is 31.0 Å². The van der Waals surface area contributed by atoms with Crippen LogP contribution in [0.1, 0.15) is 31.8 Å². The number of nitrogens with zero attached hydrogens (tertiary/aromatic N) is 2. The predicted octanol–water partition coefficient (Wildman–Crippen LogP) is -0.664. The summed E-state index contributed by atoms with van der Waals surface area (Å²) in [6.45, 7) is 7.50. The molecule has 0 bridgehead atoms. The standard InChI is InChI=1S/C16H25N5O3/c1-10(2)21-7-6-18-16(24)12(21)9-14(22)17-5-4-13-19-11(3)8-15(23)20-13/h8,10,12H,4-7,9H2,1-3H3,(H,17,22)(H,18,24)(H,19,20,23)/t12-/m1/s1. The maximum atomic E-state index is 12.1. The van der Waals surface area contributed by atoms with E-state index in [-0.39, 0.29) is 29.8 Å². The molecule has 1 aliphatic heterocycles. The fourth-order valence-electron chi connectivity index (χ4n) is 2.89. The van der Waals surface area contributed by atoms with Crippen LogP contribution < -0.4 is 16.2 Å². The van der Waals surface area contributed by atoms with Crippen LogP contribution in [0.2, 0.25) is 0 Å². The highest BCUT2D eigenvalue weighted by atomic mass is 16.2. The first-order valence-electron chi connectivity index (χ1n) is 8.24. The highest BCUT2D eigenvalue weighted by molar-refractivity contribution is 5.88. The Balaban J connectivity index is 1.85. The summed E-state index contributed by atoms with van der Waals surface area (Å²) >= 11 is 0. The largest absolute Gasteiger partial charge is 0.356 e. The van der Waals surface area contributed by atoms with Crippen molar-refractivity contribution in [3.63, 3.8) is 0 Å². The summed E-state index contributed by atoms with van der Waals surface area (Å²) in [4.78, 5) is 44.4. The molecule has 0 saturated carbocycles. The van der Waals surface area contributed by atoms with Gasteiger partial charge < -0.3 is 15.6 Å². The fraction of sp³-hybridized carbons (Fsp3) is 0.625. The van der Waals surface area contributed by atoms with Gasteiger partial charge in [-0.15, -0.1) is 0 Å². The predicted molar refractivity (Wildman–Crippen MR) is 89.6 cm³/mol. The number of hydrogen-bond acceptors (Lipinski definition) is 5. The Hall–Kier alpha value is -2.22. The molecule has 1 aromatic rings. The number of amides is 2. The first kappa shape index (κ1) is 18.1. The van der Waals surface area contributed by atoms with Gasteiger partial charge in [0.15, 0.2) is 0 Å². The van der Waals surface area contributed by atoms with Crippen LogP contribution in [0.4, 0.5) is 0 Å². The van der Waals surface area contributed by atoms with Gasteiger partial charge in [0.25, 0.3) is 5.56 Å². The van der Waals surface area contributed by atoms with E-state index in [4.69, 9.17) is 0 Å². The first-order chi connectivity index (χ1) is 11.4. The van der Waals surface area contributed by atoms with Crippen molar-refractivity contribution >= 4 is 11.8 Å². The second kappa shape index (κ2) is 8.05. The Morgan fingerprint density at radius 3 is 2.88 bits per heavy atom. The van der Waals surface area contributed by atoms with Crippen LogP contribution >= 0.6 is 0 Å². The van der Waals surface area contributed by atoms with E-state index < -0.39 is 6.04 Å². The van der Waals surface area contributed by atoms with Crippen LogP contribution in [0, 0.1) is 6.92 Å². The molecule has 1 aromatic heterocycles. The van der Waals surface area contributed by atoms with Crippen LogP contribution in [0.5, 0.6) is 0 Å². The van der Waals surface area contributed by atoms with E-state index in [1.807, 2.05) is 18.7 Å². The quantitative estimate of drug-likeness (QED) is 0.639. The lowest BCUT2D eigenvalue weighted by atomic mass is 10.1. The smallest absolute Gasteiger partial charge is 0.251 e. The SMILES string of the molecule is Cc1cc(=O)[nH]c(CCNC(=O)C[C@@H]2C(=O)NCCN2C(C)C)n1. The molecule has 0 aromatic carbocycles. The Morgan fingerprint density at radius 2 is 2.21 bits per heavy atom. The minimum atomic E-state index is -0.435. The number of piperazine rings is 1. The summed E-state index contributed by atoms with van der Waals surface area (Å²) in [6, 6.07) is 1.19. The average Bonchev–Trinajstić information content (AvgIpc) is 2.48. The summed E-state index contributed by atoms with van der Waals surface area (Å²) < 4.78 is 0. The Morgan fingerprint density at radius 1 is 1.46 bits per heavy atom. The van der Waals surface area contributed by atoms with Crippen molar-refractivity contribution in [2.75, 3.05) is 19.6 Å². The molecule has 2 rings (SSSR count). The normalized spacial score (nSPS) is 18.5. The Bertz CT molecular complexity index is 655. The van der Waals surface area contributed by atoms with Gasteiger partial charge in [-0.05, 0) is 20.8 Å². The molecular formula is C16H25N5O3. The average molecular weight is 335 g/mol. The van der Waals surface area contributed by atoms with Crippen LogP contribution in [0.3, 0.4) is 0 Å². The molecule has 3 N–H and O–H groups in total. The van der Waals surface area contributed by atoms with E-state index in [9.17, 15) is 14.4 Å². The summed E-state index contributed by atoms with van der Waals surface area (Å²) in [5, 5.41) is 5.60. The molecule has 0 unspecified atom stereocenters. The number of aromatic nitrogens is 2. The summed E-state index contributed by atoms with van der Waals surface area (Å²) in [7, 11) is 0. The molecule has 1 aliphatic rings. The van der Waals surface area contributed by atoms with Gasteiger partial charge in [-0.1, -0.05) is 0 Å². The molecule has 1 atom stereocenters. The second-order valence-electron chi connectivity index (χ2n) is 6.28. The van der Waals surface area contributed by atoms with Gasteiger partial charge in [0.1, 0.15) is 5.82 Å². The van der Waals surface area contributed by atoms with Crippen molar-refractivity contribution in [1.29, 1.82) is 0 Å². The fourth-order valence-corrected chi connectivity index (χ4v) is 2.89. The molecule has 24 heavy (non-hydrogen) atoms. The van der Waals surface area contributed by atoms with Crippen LogP contribution in [-0.2, 0) is 16.0 Å². The third-order valence-electron chi connectivity index (χ3n) is 4.02. The minimum Gasteiger partial charge on any atom is -0.356 e. The number of carbonyl (C=O) groups excluding carboxylic acids is 2. The molecule has 1 saturated heterocycles. The van der Waals surface area contributed by atoms with E-state index in [0.717, 1.165) is 6.54 Å².